The SMILES string of the molecule is C=C(Br)C(=O)Nc1ccc(S(=O)(=O)O)c(Nc2nc(Cl)nc(-c3ccc(S(=O)(=O)O)cc3S(=O)(=O)O)n2)c1. The number of carbonyl (C=O) groups is 1. The number of hydrogen-bond acceptors (Lipinski definition) is 11. The van der Waals surface area contributed by atoms with Crippen molar-refractivity contribution in [2.24, 2.45) is 0 Å². The Labute approximate surface area is 228 Å². The van der Waals surface area contributed by atoms with Crippen molar-refractivity contribution in [2.75, 3.05) is 10.6 Å². The molecule has 0 aliphatic carbocycles. The van der Waals surface area contributed by atoms with Gasteiger partial charge in [0.05, 0.1) is 15.1 Å². The fourth-order valence-corrected chi connectivity index (χ4v) is 5.02. The minimum atomic E-state index is -5.10. The van der Waals surface area contributed by atoms with Crippen molar-refractivity contribution >= 4 is 81.1 Å². The van der Waals surface area contributed by atoms with Crippen molar-refractivity contribution in [3.8, 4) is 11.4 Å². The van der Waals surface area contributed by atoms with Crippen LogP contribution < -0.4 is 10.6 Å². The molecule has 0 aliphatic rings. The summed E-state index contributed by atoms with van der Waals surface area (Å²) in [5.41, 5.74) is -0.796. The molecular formula is C18H13BrClN5O10S3. The number of nitrogens with zero attached hydrogens (tertiary/aromatic N) is 3. The monoisotopic (exact) mass is 669 g/mol. The topological polar surface area (TPSA) is 243 Å². The van der Waals surface area contributed by atoms with Crippen LogP contribution >= 0.6 is 27.5 Å². The predicted molar refractivity (Wildman–Crippen MR) is 136 cm³/mol. The first-order valence-electron chi connectivity index (χ1n) is 9.41. The Kier molecular flexibility index (Phi) is 8.24. The minimum absolute atomic E-state index is 0.0420. The minimum Gasteiger partial charge on any atom is -0.323 e. The summed E-state index contributed by atoms with van der Waals surface area (Å²) < 4.78 is 98.8. The predicted octanol–water partition coefficient (Wildman–Crippen LogP) is 2.52. The molecule has 0 radical (unpaired) electrons. The van der Waals surface area contributed by atoms with Crippen LogP contribution in [0.3, 0.4) is 0 Å². The second-order valence-electron chi connectivity index (χ2n) is 7.03. The van der Waals surface area contributed by atoms with E-state index in [2.05, 4.69) is 48.1 Å². The molecule has 0 spiro atoms. The van der Waals surface area contributed by atoms with Gasteiger partial charge in [0.25, 0.3) is 36.3 Å². The largest absolute Gasteiger partial charge is 0.323 e. The lowest BCUT2D eigenvalue weighted by molar-refractivity contribution is -0.112. The van der Waals surface area contributed by atoms with Gasteiger partial charge in [0.1, 0.15) is 9.79 Å². The summed E-state index contributed by atoms with van der Waals surface area (Å²) in [6.07, 6.45) is 0. The number of nitrogens with one attached hydrogen (secondary N) is 2. The maximum absolute atomic E-state index is 11.9. The second kappa shape index (κ2) is 10.6. The summed E-state index contributed by atoms with van der Waals surface area (Å²) in [5, 5.41) is 4.28. The van der Waals surface area contributed by atoms with E-state index in [1.807, 2.05) is 0 Å². The van der Waals surface area contributed by atoms with Crippen LogP contribution in [0.5, 0.6) is 0 Å². The van der Waals surface area contributed by atoms with Gasteiger partial charge in [-0.2, -0.15) is 40.2 Å². The van der Waals surface area contributed by atoms with Gasteiger partial charge in [-0.05, 0) is 63.9 Å². The Morgan fingerprint density at radius 3 is 2.05 bits per heavy atom. The van der Waals surface area contributed by atoms with Gasteiger partial charge >= 0.3 is 0 Å². The van der Waals surface area contributed by atoms with Gasteiger partial charge in [0.15, 0.2) is 5.82 Å². The van der Waals surface area contributed by atoms with Crippen molar-refractivity contribution in [2.45, 2.75) is 14.7 Å². The number of amides is 1. The van der Waals surface area contributed by atoms with Gasteiger partial charge in [-0.25, -0.2) is 0 Å². The van der Waals surface area contributed by atoms with Gasteiger partial charge in [0, 0.05) is 11.3 Å². The first-order valence-corrected chi connectivity index (χ1v) is 14.9. The summed E-state index contributed by atoms with van der Waals surface area (Å²) in [6, 6.07) is 5.28. The molecule has 2 aromatic carbocycles. The molecule has 0 atom stereocenters. The van der Waals surface area contributed by atoms with E-state index < -0.39 is 73.6 Å². The summed E-state index contributed by atoms with van der Waals surface area (Å²) in [4.78, 5) is 20.7. The zero-order valence-corrected chi connectivity index (χ0v) is 23.0. The molecule has 20 heteroatoms. The van der Waals surface area contributed by atoms with Crippen LogP contribution in [0.25, 0.3) is 11.4 Å². The fourth-order valence-electron chi connectivity index (χ4n) is 2.84. The number of anilines is 3. The first kappa shape index (κ1) is 29.5. The number of hydrogen-bond donors (Lipinski definition) is 5. The Hall–Kier alpha value is -3.04. The van der Waals surface area contributed by atoms with Crippen LogP contribution in [0.4, 0.5) is 17.3 Å². The molecular weight excluding hydrogens is 658 g/mol. The third-order valence-corrected chi connectivity index (χ3v) is 7.57. The fraction of sp³-hybridized carbons (Fsp3) is 0. The third kappa shape index (κ3) is 7.08. The number of rotatable bonds is 8. The molecule has 1 aromatic heterocycles. The highest BCUT2D eigenvalue weighted by Gasteiger charge is 2.24. The van der Waals surface area contributed by atoms with E-state index in [4.69, 9.17) is 11.6 Å². The molecule has 0 saturated carbocycles. The molecule has 202 valence electrons. The average molecular weight is 671 g/mol. The molecule has 15 nitrogen and oxygen atoms in total. The van der Waals surface area contributed by atoms with Crippen molar-refractivity contribution in [1.29, 1.82) is 0 Å². The quantitative estimate of drug-likeness (QED) is 0.171. The average Bonchev–Trinajstić information content (AvgIpc) is 2.76. The van der Waals surface area contributed by atoms with E-state index >= 15 is 0 Å². The van der Waals surface area contributed by atoms with Gasteiger partial charge < -0.3 is 10.6 Å². The molecule has 0 unspecified atom stereocenters. The van der Waals surface area contributed by atoms with Gasteiger partial charge in [-0.15, -0.1) is 0 Å². The van der Waals surface area contributed by atoms with Crippen LogP contribution in [0, 0.1) is 0 Å². The van der Waals surface area contributed by atoms with E-state index in [-0.39, 0.29) is 15.9 Å². The third-order valence-electron chi connectivity index (χ3n) is 4.39. The molecule has 38 heavy (non-hydrogen) atoms. The van der Waals surface area contributed by atoms with Gasteiger partial charge in [0.2, 0.25) is 11.2 Å². The van der Waals surface area contributed by atoms with Crippen molar-refractivity contribution in [3.05, 3.63) is 52.7 Å². The highest BCUT2D eigenvalue weighted by molar-refractivity contribution is 9.12. The molecule has 1 heterocycles. The maximum atomic E-state index is 11.9. The van der Waals surface area contributed by atoms with Crippen LogP contribution in [0.2, 0.25) is 5.28 Å². The summed E-state index contributed by atoms with van der Waals surface area (Å²) in [5.74, 6) is -1.71. The lowest BCUT2D eigenvalue weighted by Gasteiger charge is -2.13. The standard InChI is InChI=1S/C18H13BrClN5O10S3/c1-8(19)16(26)21-9-2-5-13(37(30,31)32)12(6-9)22-18-24-15(23-17(20)25-18)11-4-3-10(36(27,28)29)7-14(11)38(33,34)35/h2-7H,1H2,(H,21,26)(H,27,28,29)(H,30,31,32)(H,33,34,35)(H,22,23,24,25). The first-order chi connectivity index (χ1) is 17.4. The van der Waals surface area contributed by atoms with Crippen LogP contribution in [0.15, 0.2) is 62.1 Å². The number of benzene rings is 2. The van der Waals surface area contributed by atoms with Crippen LogP contribution in [0.1, 0.15) is 0 Å². The number of aromatic nitrogens is 3. The number of carbonyl (C=O) groups excluding carboxylic acids is 1. The molecule has 3 aromatic rings. The van der Waals surface area contributed by atoms with Crippen molar-refractivity contribution in [1.82, 2.24) is 15.0 Å². The second-order valence-corrected chi connectivity index (χ2v) is 12.5. The molecule has 5 N–H and O–H groups in total. The highest BCUT2D eigenvalue weighted by Crippen LogP contribution is 2.31. The summed E-state index contributed by atoms with van der Waals surface area (Å²) in [7, 11) is -14.8. The Bertz CT molecular complexity index is 1820. The maximum Gasteiger partial charge on any atom is 0.296 e. The summed E-state index contributed by atoms with van der Waals surface area (Å²) in [6.45, 7) is 3.39. The molecule has 0 bridgehead atoms. The zero-order chi connectivity index (χ0) is 28.6. The lowest BCUT2D eigenvalue weighted by atomic mass is 10.2. The van der Waals surface area contributed by atoms with Crippen molar-refractivity contribution in [3.63, 3.8) is 0 Å². The van der Waals surface area contributed by atoms with Gasteiger partial charge in [-0.1, -0.05) is 6.58 Å². The Morgan fingerprint density at radius 2 is 1.50 bits per heavy atom. The van der Waals surface area contributed by atoms with Gasteiger partial charge in [-0.3, -0.25) is 18.5 Å². The summed E-state index contributed by atoms with van der Waals surface area (Å²) >= 11 is 8.79. The van der Waals surface area contributed by atoms with E-state index in [9.17, 15) is 43.7 Å². The highest BCUT2D eigenvalue weighted by atomic mass is 79.9. The van der Waals surface area contributed by atoms with E-state index in [0.717, 1.165) is 30.3 Å². The molecule has 0 saturated heterocycles. The smallest absolute Gasteiger partial charge is 0.296 e. The number of halogens is 2. The molecule has 3 rings (SSSR count). The van der Waals surface area contributed by atoms with Crippen LogP contribution in [-0.2, 0) is 35.1 Å². The molecule has 0 aliphatic heterocycles. The molecule has 0 fully saturated rings. The van der Waals surface area contributed by atoms with E-state index in [1.54, 1.807) is 0 Å². The van der Waals surface area contributed by atoms with E-state index in [0.29, 0.717) is 6.07 Å². The lowest BCUT2D eigenvalue weighted by Crippen LogP contribution is -2.12. The zero-order valence-electron chi connectivity index (χ0n) is 18.2. The normalized spacial score (nSPS) is 12.1. The van der Waals surface area contributed by atoms with Crippen molar-refractivity contribution < 1.29 is 43.7 Å². The molecule has 1 amide bonds. The van der Waals surface area contributed by atoms with Crippen LogP contribution in [-0.4, -0.2) is 59.8 Å². The van der Waals surface area contributed by atoms with E-state index in [1.165, 1.54) is 0 Å². The Balaban J connectivity index is 2.17. The Morgan fingerprint density at radius 1 is 0.868 bits per heavy atom.